The lowest BCUT2D eigenvalue weighted by molar-refractivity contribution is 0.0698. The number of aryl methyl sites for hydroxylation is 1. The van der Waals surface area contributed by atoms with E-state index in [2.05, 4.69) is 5.10 Å². The van der Waals surface area contributed by atoms with E-state index in [9.17, 15) is 9.90 Å². The molecule has 118 valence electrons. The Bertz CT molecular complexity index is 886. The van der Waals surface area contributed by atoms with Gasteiger partial charge in [-0.05, 0) is 38.0 Å². The zero-order chi connectivity index (χ0) is 15.3. The molecule has 0 aliphatic heterocycles. The molecule has 1 aliphatic rings. The standard InChI is InChI=1S/C17H15N3O2.ClH/c1-10-15-13(17(21)22)9-14(11-7-8-11)18-16(15)20(19-10)12-5-3-2-4-6-12;/h2-6,9,11H,7-8H2,1H3,(H,21,22);1H. The number of aromatic nitrogens is 3. The van der Waals surface area contributed by atoms with E-state index in [1.165, 1.54) is 0 Å². The average molecular weight is 330 g/mol. The largest absolute Gasteiger partial charge is 0.478 e. The highest BCUT2D eigenvalue weighted by molar-refractivity contribution is 6.03. The molecule has 1 aliphatic carbocycles. The van der Waals surface area contributed by atoms with Crippen LogP contribution < -0.4 is 0 Å². The van der Waals surface area contributed by atoms with Crippen molar-refractivity contribution in [2.24, 2.45) is 0 Å². The first-order chi connectivity index (χ1) is 10.6. The third-order valence-corrected chi connectivity index (χ3v) is 4.06. The van der Waals surface area contributed by atoms with E-state index in [1.54, 1.807) is 10.7 Å². The van der Waals surface area contributed by atoms with Gasteiger partial charge in [-0.1, -0.05) is 18.2 Å². The van der Waals surface area contributed by atoms with Crippen LogP contribution in [0.25, 0.3) is 16.7 Å². The number of fused-ring (bicyclic) bond motifs is 1. The van der Waals surface area contributed by atoms with Gasteiger partial charge in [0.2, 0.25) is 0 Å². The van der Waals surface area contributed by atoms with Gasteiger partial charge >= 0.3 is 5.97 Å². The Kier molecular flexibility index (Phi) is 3.82. The van der Waals surface area contributed by atoms with Gasteiger partial charge in [0.25, 0.3) is 0 Å². The van der Waals surface area contributed by atoms with Crippen molar-refractivity contribution < 1.29 is 9.90 Å². The maximum Gasteiger partial charge on any atom is 0.336 e. The zero-order valence-corrected chi connectivity index (χ0v) is 13.4. The molecule has 1 fully saturated rings. The Balaban J connectivity index is 0.00000156. The van der Waals surface area contributed by atoms with Crippen molar-refractivity contribution in [1.29, 1.82) is 0 Å². The van der Waals surface area contributed by atoms with Crippen LogP contribution in [0, 0.1) is 6.92 Å². The number of para-hydroxylation sites is 1. The molecular formula is C17H16ClN3O2. The molecule has 0 amide bonds. The molecule has 4 rings (SSSR count). The molecule has 5 nitrogen and oxygen atoms in total. The third kappa shape index (κ3) is 2.57. The van der Waals surface area contributed by atoms with E-state index < -0.39 is 5.97 Å². The van der Waals surface area contributed by atoms with Gasteiger partial charge in [-0.2, -0.15) is 5.10 Å². The average Bonchev–Trinajstić information content (AvgIpc) is 3.32. The minimum Gasteiger partial charge on any atom is -0.478 e. The smallest absolute Gasteiger partial charge is 0.336 e. The fourth-order valence-electron chi connectivity index (χ4n) is 2.81. The van der Waals surface area contributed by atoms with Crippen LogP contribution in [0.1, 0.15) is 40.5 Å². The number of carbonyl (C=O) groups is 1. The van der Waals surface area contributed by atoms with Crippen LogP contribution >= 0.6 is 12.4 Å². The van der Waals surface area contributed by atoms with Crippen molar-refractivity contribution in [3.8, 4) is 5.69 Å². The van der Waals surface area contributed by atoms with Gasteiger partial charge in [-0.15, -0.1) is 12.4 Å². The van der Waals surface area contributed by atoms with Gasteiger partial charge in [0.05, 0.1) is 22.3 Å². The van der Waals surface area contributed by atoms with E-state index in [0.717, 1.165) is 24.2 Å². The lowest BCUT2D eigenvalue weighted by atomic mass is 10.1. The van der Waals surface area contributed by atoms with Crippen LogP contribution in [0.3, 0.4) is 0 Å². The van der Waals surface area contributed by atoms with Crippen LogP contribution in [0.15, 0.2) is 36.4 Å². The Morgan fingerprint density at radius 2 is 1.96 bits per heavy atom. The number of hydrogen-bond acceptors (Lipinski definition) is 3. The summed E-state index contributed by atoms with van der Waals surface area (Å²) >= 11 is 0. The number of halogens is 1. The molecule has 0 radical (unpaired) electrons. The van der Waals surface area contributed by atoms with Crippen LogP contribution in [0.2, 0.25) is 0 Å². The molecule has 1 N–H and O–H groups in total. The van der Waals surface area contributed by atoms with Crippen molar-refractivity contribution in [2.45, 2.75) is 25.7 Å². The topological polar surface area (TPSA) is 68.0 Å². The highest BCUT2D eigenvalue weighted by Gasteiger charge is 2.28. The maximum absolute atomic E-state index is 11.6. The lowest BCUT2D eigenvalue weighted by Gasteiger charge is -2.06. The number of carboxylic acids is 1. The molecule has 2 heterocycles. The van der Waals surface area contributed by atoms with Gasteiger partial charge in [0.15, 0.2) is 5.65 Å². The van der Waals surface area contributed by atoms with Crippen LogP contribution in [-0.4, -0.2) is 25.8 Å². The van der Waals surface area contributed by atoms with Gasteiger partial charge in [0.1, 0.15) is 0 Å². The minimum absolute atomic E-state index is 0. The van der Waals surface area contributed by atoms with Crippen molar-refractivity contribution >= 4 is 29.4 Å². The molecule has 0 atom stereocenters. The summed E-state index contributed by atoms with van der Waals surface area (Å²) in [6.45, 7) is 1.83. The summed E-state index contributed by atoms with van der Waals surface area (Å²) in [6.07, 6.45) is 2.16. The fourth-order valence-corrected chi connectivity index (χ4v) is 2.81. The third-order valence-electron chi connectivity index (χ3n) is 4.06. The Labute approximate surface area is 139 Å². The molecule has 0 saturated heterocycles. The zero-order valence-electron chi connectivity index (χ0n) is 12.6. The highest BCUT2D eigenvalue weighted by Crippen LogP contribution is 2.40. The summed E-state index contributed by atoms with van der Waals surface area (Å²) in [5.74, 6) is -0.535. The van der Waals surface area contributed by atoms with Crippen LogP contribution in [0.5, 0.6) is 0 Å². The number of benzene rings is 1. The second kappa shape index (κ2) is 5.66. The van der Waals surface area contributed by atoms with Crippen molar-refractivity contribution in [1.82, 2.24) is 14.8 Å². The summed E-state index contributed by atoms with van der Waals surface area (Å²) in [4.78, 5) is 16.4. The molecule has 0 unspecified atom stereocenters. The van der Waals surface area contributed by atoms with Crippen molar-refractivity contribution in [3.05, 3.63) is 53.3 Å². The highest BCUT2D eigenvalue weighted by atomic mass is 35.5. The molecule has 2 aromatic heterocycles. The van der Waals surface area contributed by atoms with E-state index in [4.69, 9.17) is 4.98 Å². The van der Waals surface area contributed by atoms with E-state index in [-0.39, 0.29) is 12.4 Å². The molecule has 3 aromatic rings. The molecule has 0 spiro atoms. The molecular weight excluding hydrogens is 314 g/mol. The first-order valence-corrected chi connectivity index (χ1v) is 7.34. The second-order valence-electron chi connectivity index (χ2n) is 5.71. The Morgan fingerprint density at radius 1 is 1.26 bits per heavy atom. The van der Waals surface area contributed by atoms with Crippen LogP contribution in [-0.2, 0) is 0 Å². The van der Waals surface area contributed by atoms with Crippen molar-refractivity contribution in [3.63, 3.8) is 0 Å². The van der Waals surface area contributed by atoms with E-state index >= 15 is 0 Å². The Morgan fingerprint density at radius 3 is 2.57 bits per heavy atom. The normalized spacial score (nSPS) is 13.8. The van der Waals surface area contributed by atoms with Gasteiger partial charge in [0, 0.05) is 11.6 Å². The first kappa shape index (κ1) is 15.5. The number of nitrogens with zero attached hydrogens (tertiary/aromatic N) is 3. The second-order valence-corrected chi connectivity index (χ2v) is 5.71. The summed E-state index contributed by atoms with van der Waals surface area (Å²) in [5, 5.41) is 14.7. The molecule has 1 saturated carbocycles. The molecule has 1 aromatic carbocycles. The minimum atomic E-state index is -0.926. The summed E-state index contributed by atoms with van der Waals surface area (Å²) in [5.41, 5.74) is 3.36. The molecule has 0 bridgehead atoms. The van der Waals surface area contributed by atoms with Crippen LogP contribution in [0.4, 0.5) is 0 Å². The maximum atomic E-state index is 11.6. The quantitative estimate of drug-likeness (QED) is 0.795. The summed E-state index contributed by atoms with van der Waals surface area (Å²) in [6, 6.07) is 11.4. The number of pyridine rings is 1. The molecule has 23 heavy (non-hydrogen) atoms. The SMILES string of the molecule is Cc1nn(-c2ccccc2)c2nc(C3CC3)cc(C(=O)O)c12.Cl. The summed E-state index contributed by atoms with van der Waals surface area (Å²) < 4.78 is 1.74. The number of aromatic carboxylic acids is 1. The number of hydrogen-bond donors (Lipinski definition) is 1. The number of rotatable bonds is 3. The van der Waals surface area contributed by atoms with Gasteiger partial charge < -0.3 is 5.11 Å². The monoisotopic (exact) mass is 329 g/mol. The van der Waals surface area contributed by atoms with Gasteiger partial charge in [-0.25, -0.2) is 14.5 Å². The lowest BCUT2D eigenvalue weighted by Crippen LogP contribution is -2.03. The first-order valence-electron chi connectivity index (χ1n) is 7.34. The van der Waals surface area contributed by atoms with E-state index in [0.29, 0.717) is 28.2 Å². The number of carboxylic acid groups (broad SMARTS) is 1. The predicted octanol–water partition coefficient (Wildman–Crippen LogP) is 3.73. The summed E-state index contributed by atoms with van der Waals surface area (Å²) in [7, 11) is 0. The predicted molar refractivity (Wildman–Crippen MR) is 89.8 cm³/mol. The van der Waals surface area contributed by atoms with Crippen molar-refractivity contribution in [2.75, 3.05) is 0 Å². The molecule has 6 heteroatoms. The fraction of sp³-hybridized carbons (Fsp3) is 0.235. The Hall–Kier alpha value is -2.40. The van der Waals surface area contributed by atoms with Gasteiger partial charge in [-0.3, -0.25) is 0 Å². The van der Waals surface area contributed by atoms with E-state index in [1.807, 2.05) is 37.3 Å².